The quantitative estimate of drug-likeness (QED) is 0.689. The third kappa shape index (κ3) is 2.86. The zero-order valence-electron chi connectivity index (χ0n) is 9.47. The fourth-order valence-corrected chi connectivity index (χ4v) is 2.29. The van der Waals surface area contributed by atoms with Crippen LogP contribution in [0.15, 0.2) is 11.6 Å². The zero-order valence-corrected chi connectivity index (χ0v) is 9.47. The first kappa shape index (κ1) is 11.3. The summed E-state index contributed by atoms with van der Waals surface area (Å²) >= 11 is 0. The van der Waals surface area contributed by atoms with Crippen LogP contribution in [0.4, 0.5) is 0 Å². The van der Waals surface area contributed by atoms with E-state index in [1.165, 1.54) is 31.3 Å². The summed E-state index contributed by atoms with van der Waals surface area (Å²) in [7, 11) is 0. The van der Waals surface area contributed by atoms with Crippen LogP contribution in [0.25, 0.3) is 0 Å². The third-order valence-electron chi connectivity index (χ3n) is 3.18. The molecule has 0 unspecified atom stereocenters. The third-order valence-corrected chi connectivity index (χ3v) is 3.18. The van der Waals surface area contributed by atoms with Crippen molar-refractivity contribution in [1.29, 1.82) is 0 Å². The predicted molar refractivity (Wildman–Crippen MR) is 59.0 cm³/mol. The van der Waals surface area contributed by atoms with Crippen molar-refractivity contribution in [2.45, 2.75) is 52.5 Å². The molecule has 1 aliphatic rings. The van der Waals surface area contributed by atoms with Crippen LogP contribution in [0.1, 0.15) is 46.5 Å². The summed E-state index contributed by atoms with van der Waals surface area (Å²) in [4.78, 5) is 11.1. The van der Waals surface area contributed by atoms with Gasteiger partial charge in [0.05, 0.1) is 6.04 Å². The molecule has 0 radical (unpaired) electrons. The lowest BCUT2D eigenvalue weighted by molar-refractivity contribution is -0.119. The molecule has 0 heterocycles. The molecular formula is C12H21NO. The van der Waals surface area contributed by atoms with Gasteiger partial charge < -0.3 is 5.32 Å². The Morgan fingerprint density at radius 3 is 2.36 bits per heavy atom. The molecule has 1 rings (SSSR count). The van der Waals surface area contributed by atoms with Crippen molar-refractivity contribution < 1.29 is 4.79 Å². The maximum absolute atomic E-state index is 11.1. The normalized spacial score (nSPS) is 20.9. The van der Waals surface area contributed by atoms with Gasteiger partial charge in [0.1, 0.15) is 0 Å². The van der Waals surface area contributed by atoms with Gasteiger partial charge in [-0.15, -0.1) is 0 Å². The van der Waals surface area contributed by atoms with Gasteiger partial charge in [0.15, 0.2) is 0 Å². The van der Waals surface area contributed by atoms with Crippen LogP contribution in [-0.2, 0) is 4.79 Å². The van der Waals surface area contributed by atoms with E-state index in [9.17, 15) is 4.79 Å². The molecule has 1 fully saturated rings. The fraction of sp³-hybridized carbons (Fsp3) is 0.750. The van der Waals surface area contributed by atoms with Crippen LogP contribution in [0, 0.1) is 5.92 Å². The summed E-state index contributed by atoms with van der Waals surface area (Å²) in [6, 6.07) is 0.278. The van der Waals surface area contributed by atoms with E-state index in [0.717, 1.165) is 0 Å². The van der Waals surface area contributed by atoms with Crippen molar-refractivity contribution >= 4 is 5.91 Å². The molecule has 0 aromatic heterocycles. The molecule has 0 aromatic rings. The smallest absolute Gasteiger partial charge is 0.217 e. The van der Waals surface area contributed by atoms with E-state index >= 15 is 0 Å². The van der Waals surface area contributed by atoms with E-state index in [4.69, 9.17) is 0 Å². The molecule has 0 bridgehead atoms. The van der Waals surface area contributed by atoms with Gasteiger partial charge in [0, 0.05) is 6.92 Å². The van der Waals surface area contributed by atoms with Crippen LogP contribution in [0.3, 0.4) is 0 Å². The topological polar surface area (TPSA) is 29.1 Å². The van der Waals surface area contributed by atoms with Crippen LogP contribution >= 0.6 is 0 Å². The van der Waals surface area contributed by atoms with Crippen molar-refractivity contribution in [3.05, 3.63) is 11.6 Å². The van der Waals surface area contributed by atoms with Gasteiger partial charge in [-0.2, -0.15) is 0 Å². The molecule has 1 aliphatic carbocycles. The first-order chi connectivity index (χ1) is 6.65. The molecule has 2 heteroatoms. The molecule has 80 valence electrons. The maximum atomic E-state index is 11.1. The Balaban J connectivity index is 2.64. The number of rotatable bonds is 3. The van der Waals surface area contributed by atoms with Gasteiger partial charge in [-0.1, -0.05) is 24.5 Å². The second-order valence-electron chi connectivity index (χ2n) is 4.26. The molecule has 0 aromatic carbocycles. The molecular weight excluding hydrogens is 174 g/mol. The molecule has 14 heavy (non-hydrogen) atoms. The minimum atomic E-state index is 0.0862. The lowest BCUT2D eigenvalue weighted by Crippen LogP contribution is -2.39. The van der Waals surface area contributed by atoms with Gasteiger partial charge in [0.25, 0.3) is 0 Å². The molecule has 1 atom stereocenters. The second kappa shape index (κ2) is 5.18. The number of carbonyl (C=O) groups excluding carboxylic acids is 1. The Bertz CT molecular complexity index is 226. The largest absolute Gasteiger partial charge is 0.350 e. The van der Waals surface area contributed by atoms with Crippen LogP contribution in [0.2, 0.25) is 0 Å². The molecule has 0 spiro atoms. The number of nitrogens with one attached hydrogen (secondary N) is 1. The number of allylic oxidation sites excluding steroid dienone is 1. The van der Waals surface area contributed by atoms with Crippen molar-refractivity contribution in [2.75, 3.05) is 0 Å². The first-order valence-electron chi connectivity index (χ1n) is 5.55. The molecule has 2 nitrogen and oxygen atoms in total. The lowest BCUT2D eigenvalue weighted by Gasteiger charge is -2.25. The van der Waals surface area contributed by atoms with E-state index in [1.54, 1.807) is 6.92 Å². The number of amides is 1. The van der Waals surface area contributed by atoms with Gasteiger partial charge >= 0.3 is 0 Å². The minimum absolute atomic E-state index is 0.0862. The van der Waals surface area contributed by atoms with Gasteiger partial charge in [0.2, 0.25) is 5.91 Å². The maximum Gasteiger partial charge on any atom is 0.217 e. The van der Waals surface area contributed by atoms with E-state index in [-0.39, 0.29) is 11.9 Å². The van der Waals surface area contributed by atoms with E-state index in [0.29, 0.717) is 5.92 Å². The lowest BCUT2D eigenvalue weighted by atomic mass is 9.92. The van der Waals surface area contributed by atoms with Crippen LogP contribution < -0.4 is 5.32 Å². The summed E-state index contributed by atoms with van der Waals surface area (Å²) in [6.45, 7) is 5.75. The summed E-state index contributed by atoms with van der Waals surface area (Å²) in [5.41, 5.74) is 1.30. The van der Waals surface area contributed by atoms with Crippen LogP contribution in [0.5, 0.6) is 0 Å². The van der Waals surface area contributed by atoms with Crippen molar-refractivity contribution in [3.8, 4) is 0 Å². The summed E-state index contributed by atoms with van der Waals surface area (Å²) < 4.78 is 0. The highest BCUT2D eigenvalue weighted by Crippen LogP contribution is 2.30. The average Bonchev–Trinajstić information content (AvgIpc) is 2.65. The van der Waals surface area contributed by atoms with Gasteiger partial charge in [-0.25, -0.2) is 0 Å². The van der Waals surface area contributed by atoms with Crippen molar-refractivity contribution in [3.63, 3.8) is 0 Å². The van der Waals surface area contributed by atoms with E-state index in [2.05, 4.69) is 18.3 Å². The molecule has 1 amide bonds. The Hall–Kier alpha value is -0.790. The Morgan fingerprint density at radius 2 is 1.93 bits per heavy atom. The average molecular weight is 195 g/mol. The summed E-state index contributed by atoms with van der Waals surface area (Å²) in [5.74, 6) is 0.748. The summed E-state index contributed by atoms with van der Waals surface area (Å²) in [6.07, 6.45) is 7.26. The fourth-order valence-electron chi connectivity index (χ4n) is 2.29. The van der Waals surface area contributed by atoms with Crippen molar-refractivity contribution in [2.24, 2.45) is 5.92 Å². The number of hydrogen-bond acceptors (Lipinski definition) is 1. The molecule has 1 N–H and O–H groups in total. The molecule has 0 saturated heterocycles. The van der Waals surface area contributed by atoms with E-state index < -0.39 is 0 Å². The first-order valence-corrected chi connectivity index (χ1v) is 5.55. The Kier molecular flexibility index (Phi) is 4.18. The monoisotopic (exact) mass is 195 g/mol. The minimum Gasteiger partial charge on any atom is -0.350 e. The zero-order chi connectivity index (χ0) is 10.6. The highest BCUT2D eigenvalue weighted by Gasteiger charge is 2.26. The van der Waals surface area contributed by atoms with E-state index in [1.807, 2.05) is 6.92 Å². The van der Waals surface area contributed by atoms with Crippen LogP contribution in [-0.4, -0.2) is 11.9 Å². The SMILES string of the molecule is C/C=C(\C)[C@@H](NC(C)=O)C1CCCC1. The number of hydrogen-bond donors (Lipinski definition) is 1. The van der Waals surface area contributed by atoms with Crippen molar-refractivity contribution in [1.82, 2.24) is 5.32 Å². The highest BCUT2D eigenvalue weighted by atomic mass is 16.1. The van der Waals surface area contributed by atoms with Gasteiger partial charge in [-0.3, -0.25) is 4.79 Å². The second-order valence-corrected chi connectivity index (χ2v) is 4.26. The Morgan fingerprint density at radius 1 is 1.36 bits per heavy atom. The standard InChI is InChI=1S/C12H21NO/c1-4-9(2)12(13-10(3)14)11-7-5-6-8-11/h4,11-12H,5-8H2,1-3H3,(H,13,14)/b9-4+/t12-/m1/s1. The van der Waals surface area contributed by atoms with Gasteiger partial charge in [-0.05, 0) is 32.6 Å². The number of carbonyl (C=O) groups is 1. The highest BCUT2D eigenvalue weighted by molar-refractivity contribution is 5.73. The Labute approximate surface area is 86.8 Å². The predicted octanol–water partition coefficient (Wildman–Crippen LogP) is 2.65. The molecule has 0 aliphatic heterocycles. The summed E-state index contributed by atoms with van der Waals surface area (Å²) in [5, 5.41) is 3.07. The molecule has 1 saturated carbocycles.